The average molecular weight is 612 g/mol. The normalized spacial score (nSPS) is 18.6. The van der Waals surface area contributed by atoms with Crippen LogP contribution in [0.2, 0.25) is 0 Å². The van der Waals surface area contributed by atoms with Crippen molar-refractivity contribution in [3.63, 3.8) is 0 Å². The van der Waals surface area contributed by atoms with E-state index < -0.39 is 0 Å². The minimum Gasteiger partial charge on any atom is -0.393 e. The number of rotatable bonds is 6. The van der Waals surface area contributed by atoms with Crippen LogP contribution in [0.5, 0.6) is 0 Å². The predicted molar refractivity (Wildman–Crippen MR) is 182 cm³/mol. The summed E-state index contributed by atoms with van der Waals surface area (Å²) in [6, 6.07) is 7.83. The molecule has 2 saturated heterocycles. The number of nitrogens with one attached hydrogen (secondary N) is 4. The molecule has 246 valence electrons. The number of fused-ring (bicyclic) bond motifs is 2. The zero-order chi connectivity index (χ0) is 32.7. The summed E-state index contributed by atoms with van der Waals surface area (Å²) in [5.41, 5.74) is 4.12. The van der Waals surface area contributed by atoms with Crippen LogP contribution < -0.4 is 21.3 Å². The minimum atomic E-state index is -0.366. The largest absolute Gasteiger partial charge is 0.393 e. The first-order valence-corrected chi connectivity index (χ1v) is 16.3. The summed E-state index contributed by atoms with van der Waals surface area (Å²) in [6.45, 7) is 17.3. The Labute approximate surface area is 265 Å². The molecular weight excluding hydrogens is 554 g/mol. The number of carbonyl (C=O) groups excluding carboxylic acids is 3. The highest BCUT2D eigenvalue weighted by molar-refractivity contribution is 5.90. The molecule has 0 saturated carbocycles. The second kappa shape index (κ2) is 22.9. The molecule has 3 amide bonds. The second-order valence-corrected chi connectivity index (χ2v) is 11.1. The Morgan fingerprint density at radius 1 is 0.886 bits per heavy atom. The summed E-state index contributed by atoms with van der Waals surface area (Å²) in [5.74, 6) is -0.789. The van der Waals surface area contributed by atoms with Gasteiger partial charge in [0.25, 0.3) is 0 Å². The standard InChI is InChI=1S/C13H20N4O3.C10H9N.C8H18O.C4H10/c1-9-6-14-11(18)7-15-12(19)8-16-13(20)10-4-2-3-5-17(9)10;1-8-6-7-11-10-5-3-2-4-9(8)10;1-3-5-6-7-8(9)4-2;1-3-4-2/h10H,1-8H2,(H,14,18)(H,15,19)(H,16,20);2-7,11H,1H2;8-9H,3-7H2,1-2H3;3-4H2,1-2H3. The molecule has 0 radical (unpaired) electrons. The van der Waals surface area contributed by atoms with Gasteiger partial charge in [0, 0.05) is 29.7 Å². The van der Waals surface area contributed by atoms with E-state index >= 15 is 0 Å². The van der Waals surface area contributed by atoms with Crippen LogP contribution in [0.25, 0.3) is 5.57 Å². The van der Waals surface area contributed by atoms with E-state index in [1.807, 2.05) is 42.3 Å². The van der Waals surface area contributed by atoms with E-state index in [0.717, 1.165) is 55.6 Å². The first kappa shape index (κ1) is 38.4. The van der Waals surface area contributed by atoms with Gasteiger partial charge in [-0.3, -0.25) is 14.4 Å². The first-order chi connectivity index (χ1) is 21.2. The van der Waals surface area contributed by atoms with Crippen LogP contribution in [-0.2, 0) is 14.4 Å². The van der Waals surface area contributed by atoms with E-state index in [2.05, 4.69) is 61.3 Å². The number of hydrogen-bond donors (Lipinski definition) is 5. The topological polar surface area (TPSA) is 123 Å². The number of hydrogen-bond acceptors (Lipinski definition) is 6. The van der Waals surface area contributed by atoms with Crippen molar-refractivity contribution < 1.29 is 19.5 Å². The van der Waals surface area contributed by atoms with Gasteiger partial charge < -0.3 is 31.3 Å². The summed E-state index contributed by atoms with van der Waals surface area (Å²) in [7, 11) is 0. The summed E-state index contributed by atoms with van der Waals surface area (Å²) in [5, 5.41) is 20.0. The molecule has 1 aromatic rings. The lowest BCUT2D eigenvalue weighted by Crippen LogP contribution is -2.53. The molecule has 3 aliphatic heterocycles. The SMILES string of the molecule is C=C1C=CNc2ccccc21.C=C1CNC(=O)CNC(=O)CNC(=O)C2CCCCN12.CCCC.CCCCCC(O)CC. The van der Waals surface area contributed by atoms with Crippen LogP contribution in [0.3, 0.4) is 0 Å². The molecule has 0 aromatic heterocycles. The second-order valence-electron chi connectivity index (χ2n) is 11.1. The van der Waals surface area contributed by atoms with Crippen molar-refractivity contribution >= 4 is 29.0 Å². The van der Waals surface area contributed by atoms with Crippen molar-refractivity contribution in [3.8, 4) is 0 Å². The van der Waals surface area contributed by atoms with Gasteiger partial charge in [0.2, 0.25) is 17.7 Å². The van der Waals surface area contributed by atoms with E-state index in [-0.39, 0.29) is 43.0 Å². The number of carbonyl (C=O) groups is 3. The number of nitrogens with zero attached hydrogens (tertiary/aromatic N) is 1. The highest BCUT2D eigenvalue weighted by Crippen LogP contribution is 2.26. The lowest BCUT2D eigenvalue weighted by molar-refractivity contribution is -0.130. The van der Waals surface area contributed by atoms with Crippen molar-refractivity contribution in [2.75, 3.05) is 31.5 Å². The van der Waals surface area contributed by atoms with Crippen molar-refractivity contribution in [1.82, 2.24) is 20.9 Å². The molecule has 4 rings (SSSR count). The van der Waals surface area contributed by atoms with Crippen LogP contribution in [0, 0.1) is 0 Å². The van der Waals surface area contributed by atoms with Gasteiger partial charge in [-0.05, 0) is 49.8 Å². The molecule has 0 aliphatic carbocycles. The first-order valence-electron chi connectivity index (χ1n) is 16.3. The molecular formula is C35H57N5O4. The summed E-state index contributed by atoms with van der Waals surface area (Å²) < 4.78 is 0. The van der Waals surface area contributed by atoms with Gasteiger partial charge >= 0.3 is 0 Å². The maximum Gasteiger partial charge on any atom is 0.243 e. The molecule has 2 unspecified atom stereocenters. The zero-order valence-corrected chi connectivity index (χ0v) is 27.6. The number of anilines is 1. The van der Waals surface area contributed by atoms with Gasteiger partial charge in [0.15, 0.2) is 0 Å². The molecule has 3 heterocycles. The van der Waals surface area contributed by atoms with Gasteiger partial charge in [-0.1, -0.05) is 91.2 Å². The molecule has 0 bridgehead atoms. The third-order valence-corrected chi connectivity index (χ3v) is 7.48. The van der Waals surface area contributed by atoms with Crippen molar-refractivity contribution in [1.29, 1.82) is 0 Å². The van der Waals surface area contributed by atoms with E-state index in [1.54, 1.807) is 0 Å². The average Bonchev–Trinajstić information content (AvgIpc) is 3.05. The van der Waals surface area contributed by atoms with Gasteiger partial charge in [0.1, 0.15) is 6.04 Å². The summed E-state index contributed by atoms with van der Waals surface area (Å²) in [4.78, 5) is 37.1. The van der Waals surface area contributed by atoms with Crippen molar-refractivity contribution in [2.24, 2.45) is 0 Å². The number of benzene rings is 1. The predicted octanol–water partition coefficient (Wildman–Crippen LogP) is 5.50. The van der Waals surface area contributed by atoms with Crippen LogP contribution in [0.1, 0.15) is 97.5 Å². The number of aliphatic hydroxyl groups is 1. The van der Waals surface area contributed by atoms with E-state index in [9.17, 15) is 14.4 Å². The van der Waals surface area contributed by atoms with E-state index in [1.165, 1.54) is 37.7 Å². The van der Waals surface area contributed by atoms with E-state index in [4.69, 9.17) is 5.11 Å². The van der Waals surface area contributed by atoms with Gasteiger partial charge in [-0.2, -0.15) is 0 Å². The quantitative estimate of drug-likeness (QED) is 0.271. The lowest BCUT2D eigenvalue weighted by atomic mass is 10.0. The van der Waals surface area contributed by atoms with Crippen molar-refractivity contribution in [2.45, 2.75) is 104 Å². The third kappa shape index (κ3) is 15.2. The summed E-state index contributed by atoms with van der Waals surface area (Å²) >= 11 is 0. The molecule has 9 nitrogen and oxygen atoms in total. The van der Waals surface area contributed by atoms with Gasteiger partial charge in [-0.25, -0.2) is 0 Å². The third-order valence-electron chi connectivity index (χ3n) is 7.48. The number of amides is 3. The monoisotopic (exact) mass is 611 g/mol. The lowest BCUT2D eigenvalue weighted by Gasteiger charge is -2.37. The fraction of sp³-hybridized carbons (Fsp3) is 0.571. The molecule has 5 N–H and O–H groups in total. The van der Waals surface area contributed by atoms with Crippen LogP contribution in [0.4, 0.5) is 5.69 Å². The Hall–Kier alpha value is -3.59. The number of piperidine rings is 1. The van der Waals surface area contributed by atoms with Crippen LogP contribution >= 0.6 is 0 Å². The number of aliphatic hydroxyl groups excluding tert-OH is 1. The molecule has 0 spiro atoms. The Balaban J connectivity index is 0.000000339. The fourth-order valence-electron chi connectivity index (χ4n) is 4.52. The summed E-state index contributed by atoms with van der Waals surface area (Å²) in [6.07, 6.45) is 14.8. The molecule has 2 atom stereocenters. The maximum atomic E-state index is 12.2. The molecule has 44 heavy (non-hydrogen) atoms. The van der Waals surface area contributed by atoms with Gasteiger partial charge in [-0.15, -0.1) is 0 Å². The Morgan fingerprint density at radius 3 is 2.18 bits per heavy atom. The zero-order valence-electron chi connectivity index (χ0n) is 27.6. The molecule has 3 aliphatic rings. The Kier molecular flexibility index (Phi) is 20.0. The highest BCUT2D eigenvalue weighted by Gasteiger charge is 2.30. The van der Waals surface area contributed by atoms with Gasteiger partial charge in [0.05, 0.1) is 25.7 Å². The molecule has 1 aromatic carbocycles. The Bertz CT molecular complexity index is 1030. The fourth-order valence-corrected chi connectivity index (χ4v) is 4.52. The minimum absolute atomic E-state index is 0.0449. The van der Waals surface area contributed by atoms with E-state index in [0.29, 0.717) is 6.54 Å². The number of allylic oxidation sites excluding steroid dienone is 2. The maximum absolute atomic E-state index is 12.2. The Morgan fingerprint density at radius 2 is 1.55 bits per heavy atom. The number of para-hydroxylation sites is 1. The smallest absolute Gasteiger partial charge is 0.243 e. The highest BCUT2D eigenvalue weighted by atomic mass is 16.3. The van der Waals surface area contributed by atoms with Crippen molar-refractivity contribution in [3.05, 3.63) is 61.0 Å². The molecule has 9 heteroatoms. The van der Waals surface area contributed by atoms with Crippen LogP contribution in [0.15, 0.2) is 55.4 Å². The molecule has 2 fully saturated rings. The van der Waals surface area contributed by atoms with Crippen LogP contribution in [-0.4, -0.2) is 66.1 Å². The number of unbranched alkanes of at least 4 members (excludes halogenated alkanes) is 3.